The number of thiophene rings is 1. The van der Waals surface area contributed by atoms with Gasteiger partial charge in [0.15, 0.2) is 0 Å². The van der Waals surface area contributed by atoms with Gasteiger partial charge in [0.05, 0.1) is 0 Å². The van der Waals surface area contributed by atoms with E-state index in [0.717, 1.165) is 37.2 Å². The largest absolute Gasteiger partial charge is 0.316 e. The molecule has 0 radical (unpaired) electrons. The number of nitrogens with zero attached hydrogens (tertiary/aromatic N) is 1. The molecule has 1 rings (SSSR count). The standard InChI is InChI=1S/C15H28N2O2S2/c1-5-10-16-11-9-14-7-8-15(20-14)21(18,19)17(12-6-2)13(3)4/h7-8,13,16H,5-6,9-12H2,1-4H3. The molecule has 0 saturated carbocycles. The van der Waals surface area contributed by atoms with Crippen LogP contribution in [0.3, 0.4) is 0 Å². The van der Waals surface area contributed by atoms with E-state index in [1.807, 2.05) is 26.8 Å². The molecular formula is C15H28N2O2S2. The molecule has 1 aromatic heterocycles. The summed E-state index contributed by atoms with van der Waals surface area (Å²) in [7, 11) is -3.35. The van der Waals surface area contributed by atoms with Crippen LogP contribution in [0.15, 0.2) is 16.3 Å². The summed E-state index contributed by atoms with van der Waals surface area (Å²) in [4.78, 5) is 1.12. The smallest absolute Gasteiger partial charge is 0.252 e. The Balaban J connectivity index is 2.77. The van der Waals surface area contributed by atoms with Crippen LogP contribution in [0.25, 0.3) is 0 Å². The molecule has 1 N–H and O–H groups in total. The molecule has 0 unspecified atom stereocenters. The lowest BCUT2D eigenvalue weighted by Crippen LogP contribution is -2.37. The van der Waals surface area contributed by atoms with Crippen LogP contribution in [-0.2, 0) is 16.4 Å². The third-order valence-corrected chi connectivity index (χ3v) is 6.88. The van der Waals surface area contributed by atoms with E-state index in [4.69, 9.17) is 0 Å². The van der Waals surface area contributed by atoms with E-state index < -0.39 is 10.0 Å². The molecule has 4 nitrogen and oxygen atoms in total. The zero-order valence-corrected chi connectivity index (χ0v) is 15.2. The Labute approximate surface area is 133 Å². The second kappa shape index (κ2) is 8.88. The summed E-state index contributed by atoms with van der Waals surface area (Å²) in [5.74, 6) is 0. The second-order valence-corrected chi connectivity index (χ2v) is 8.72. The second-order valence-electron chi connectivity index (χ2n) is 5.43. The predicted molar refractivity (Wildman–Crippen MR) is 90.5 cm³/mol. The van der Waals surface area contributed by atoms with E-state index in [0.29, 0.717) is 10.8 Å². The minimum absolute atomic E-state index is 0.00767. The number of sulfonamides is 1. The van der Waals surface area contributed by atoms with Gasteiger partial charge in [0.25, 0.3) is 10.0 Å². The van der Waals surface area contributed by atoms with Crippen LogP contribution in [0.1, 0.15) is 45.4 Å². The topological polar surface area (TPSA) is 49.4 Å². The van der Waals surface area contributed by atoms with E-state index in [2.05, 4.69) is 12.2 Å². The number of nitrogens with one attached hydrogen (secondary N) is 1. The van der Waals surface area contributed by atoms with Gasteiger partial charge in [-0.15, -0.1) is 11.3 Å². The van der Waals surface area contributed by atoms with Crippen molar-refractivity contribution in [2.45, 2.75) is 57.2 Å². The van der Waals surface area contributed by atoms with Crippen LogP contribution >= 0.6 is 11.3 Å². The third kappa shape index (κ3) is 5.36. The lowest BCUT2D eigenvalue weighted by atomic mass is 10.3. The first-order chi connectivity index (χ1) is 9.93. The lowest BCUT2D eigenvalue weighted by molar-refractivity contribution is 0.355. The van der Waals surface area contributed by atoms with E-state index in [-0.39, 0.29) is 6.04 Å². The molecule has 0 aliphatic rings. The summed E-state index contributed by atoms with van der Waals surface area (Å²) in [5, 5.41) is 3.34. The molecule has 21 heavy (non-hydrogen) atoms. The fraction of sp³-hybridized carbons (Fsp3) is 0.733. The average Bonchev–Trinajstić information content (AvgIpc) is 2.90. The van der Waals surface area contributed by atoms with Gasteiger partial charge in [-0.3, -0.25) is 0 Å². The van der Waals surface area contributed by atoms with E-state index >= 15 is 0 Å². The quantitative estimate of drug-likeness (QED) is 0.670. The summed E-state index contributed by atoms with van der Waals surface area (Å²) >= 11 is 1.40. The molecule has 6 heteroatoms. The first kappa shape index (κ1) is 18.6. The van der Waals surface area contributed by atoms with Crippen molar-refractivity contribution in [3.05, 3.63) is 17.0 Å². The van der Waals surface area contributed by atoms with Gasteiger partial charge in [-0.2, -0.15) is 4.31 Å². The highest BCUT2D eigenvalue weighted by Gasteiger charge is 2.27. The molecule has 0 spiro atoms. The zero-order chi connectivity index (χ0) is 15.9. The Kier molecular flexibility index (Phi) is 7.87. The predicted octanol–water partition coefficient (Wildman–Crippen LogP) is 3.10. The summed E-state index contributed by atoms with van der Waals surface area (Å²) in [6.45, 7) is 10.5. The van der Waals surface area contributed by atoms with Crippen LogP contribution in [0, 0.1) is 0 Å². The molecule has 1 aromatic rings. The van der Waals surface area contributed by atoms with E-state index in [1.54, 1.807) is 10.4 Å². The van der Waals surface area contributed by atoms with Gasteiger partial charge in [-0.1, -0.05) is 13.8 Å². The molecule has 0 atom stereocenters. The van der Waals surface area contributed by atoms with Crippen molar-refractivity contribution in [3.63, 3.8) is 0 Å². The van der Waals surface area contributed by atoms with Gasteiger partial charge in [0.2, 0.25) is 0 Å². The van der Waals surface area contributed by atoms with Crippen molar-refractivity contribution in [1.82, 2.24) is 9.62 Å². The van der Waals surface area contributed by atoms with Gasteiger partial charge in [0, 0.05) is 17.5 Å². The zero-order valence-electron chi connectivity index (χ0n) is 13.6. The Morgan fingerprint density at radius 3 is 2.48 bits per heavy atom. The summed E-state index contributed by atoms with van der Waals surface area (Å²) in [6.07, 6.45) is 2.83. The Morgan fingerprint density at radius 1 is 1.19 bits per heavy atom. The highest BCUT2D eigenvalue weighted by atomic mass is 32.2. The van der Waals surface area contributed by atoms with Gasteiger partial charge in [-0.05, 0) is 58.3 Å². The van der Waals surface area contributed by atoms with Crippen molar-refractivity contribution in [1.29, 1.82) is 0 Å². The fourth-order valence-corrected chi connectivity index (χ4v) is 5.35. The molecule has 0 amide bonds. The first-order valence-corrected chi connectivity index (χ1v) is 10.00. The molecular weight excluding hydrogens is 304 g/mol. The van der Waals surface area contributed by atoms with Crippen molar-refractivity contribution in [3.8, 4) is 0 Å². The fourth-order valence-electron chi connectivity index (χ4n) is 2.14. The Hall–Kier alpha value is -0.430. The van der Waals surface area contributed by atoms with E-state index in [1.165, 1.54) is 11.3 Å². The normalized spacial score (nSPS) is 12.5. The number of rotatable bonds is 10. The van der Waals surface area contributed by atoms with Crippen molar-refractivity contribution in [2.24, 2.45) is 0 Å². The molecule has 0 aliphatic carbocycles. The Bertz CT molecular complexity index is 509. The maximum Gasteiger partial charge on any atom is 0.252 e. The summed E-state index contributed by atoms with van der Waals surface area (Å²) in [5.41, 5.74) is 0. The van der Waals surface area contributed by atoms with Gasteiger partial charge in [-0.25, -0.2) is 8.42 Å². The first-order valence-electron chi connectivity index (χ1n) is 7.74. The van der Waals surface area contributed by atoms with Gasteiger partial charge >= 0.3 is 0 Å². The molecule has 0 saturated heterocycles. The minimum atomic E-state index is -3.35. The van der Waals surface area contributed by atoms with Crippen LogP contribution < -0.4 is 5.32 Å². The maximum atomic E-state index is 12.7. The average molecular weight is 333 g/mol. The number of hydrogen-bond acceptors (Lipinski definition) is 4. The Morgan fingerprint density at radius 2 is 1.90 bits per heavy atom. The molecule has 0 bridgehead atoms. The third-order valence-electron chi connectivity index (χ3n) is 3.19. The summed E-state index contributed by atoms with van der Waals surface area (Å²) < 4.78 is 27.4. The highest BCUT2D eigenvalue weighted by molar-refractivity contribution is 7.91. The molecule has 0 aromatic carbocycles. The molecule has 122 valence electrons. The highest BCUT2D eigenvalue weighted by Crippen LogP contribution is 2.26. The molecule has 0 aliphatic heterocycles. The minimum Gasteiger partial charge on any atom is -0.316 e. The molecule has 0 fully saturated rings. The van der Waals surface area contributed by atoms with Gasteiger partial charge in [0.1, 0.15) is 4.21 Å². The molecule has 1 heterocycles. The van der Waals surface area contributed by atoms with Crippen molar-refractivity contribution >= 4 is 21.4 Å². The van der Waals surface area contributed by atoms with Crippen LogP contribution in [0.5, 0.6) is 0 Å². The van der Waals surface area contributed by atoms with E-state index in [9.17, 15) is 8.42 Å². The van der Waals surface area contributed by atoms with Crippen molar-refractivity contribution in [2.75, 3.05) is 19.6 Å². The SMILES string of the molecule is CCCNCCc1ccc(S(=O)(=O)N(CCC)C(C)C)s1. The van der Waals surface area contributed by atoms with Crippen molar-refractivity contribution < 1.29 is 8.42 Å². The number of hydrogen-bond donors (Lipinski definition) is 1. The lowest BCUT2D eigenvalue weighted by Gasteiger charge is -2.24. The monoisotopic (exact) mass is 332 g/mol. The van der Waals surface area contributed by atoms with Gasteiger partial charge < -0.3 is 5.32 Å². The van der Waals surface area contributed by atoms with Crippen LogP contribution in [-0.4, -0.2) is 38.4 Å². The summed E-state index contributed by atoms with van der Waals surface area (Å²) in [6, 6.07) is 3.68. The maximum absolute atomic E-state index is 12.7. The van der Waals surface area contributed by atoms with Crippen LogP contribution in [0.4, 0.5) is 0 Å². The van der Waals surface area contributed by atoms with Crippen LogP contribution in [0.2, 0.25) is 0 Å².